The molecule has 92 valence electrons. The van der Waals surface area contributed by atoms with Crippen molar-refractivity contribution >= 4 is 28.6 Å². The van der Waals surface area contributed by atoms with Crippen LogP contribution in [0.15, 0.2) is 29.0 Å². The summed E-state index contributed by atoms with van der Waals surface area (Å²) in [6.07, 6.45) is 0. The molecule has 0 saturated heterocycles. The Bertz CT molecular complexity index is 576. The molecule has 3 nitrogen and oxygen atoms in total. The van der Waals surface area contributed by atoms with Crippen molar-refractivity contribution in [1.82, 2.24) is 5.32 Å². The second-order valence-electron chi connectivity index (χ2n) is 3.48. The third-order valence-electron chi connectivity index (χ3n) is 2.18. The third kappa shape index (κ3) is 3.44. The number of hydrogen-bond donors (Lipinski definition) is 2. The molecule has 0 aliphatic heterocycles. The molecule has 0 aliphatic rings. The smallest absolute Gasteiger partial charge is 0.261 e. The van der Waals surface area contributed by atoms with Crippen LogP contribution in [0, 0.1) is 11.8 Å². The molecule has 0 aliphatic carbocycles. The van der Waals surface area contributed by atoms with Crippen LogP contribution in [0.3, 0.4) is 0 Å². The molecule has 0 spiro atoms. The van der Waals surface area contributed by atoms with Crippen LogP contribution in [0.4, 0.5) is 0 Å². The fourth-order valence-corrected chi connectivity index (χ4v) is 2.79. The summed E-state index contributed by atoms with van der Waals surface area (Å²) in [4.78, 5) is 13.4. The molecule has 0 aromatic carbocycles. The van der Waals surface area contributed by atoms with Crippen LogP contribution in [-0.4, -0.2) is 12.5 Å². The molecule has 0 bridgehead atoms. The van der Waals surface area contributed by atoms with Gasteiger partial charge in [-0.05, 0) is 34.5 Å². The van der Waals surface area contributed by atoms with Gasteiger partial charge in [0.1, 0.15) is 0 Å². The third-order valence-corrected chi connectivity index (χ3v) is 3.91. The van der Waals surface area contributed by atoms with Crippen LogP contribution in [0.5, 0.6) is 0 Å². The van der Waals surface area contributed by atoms with Crippen LogP contribution in [0.2, 0.25) is 0 Å². The van der Waals surface area contributed by atoms with E-state index < -0.39 is 0 Å². The van der Waals surface area contributed by atoms with Gasteiger partial charge in [0.2, 0.25) is 0 Å². The number of thiophene rings is 2. The molecule has 0 atom stereocenters. The zero-order valence-electron chi connectivity index (χ0n) is 9.60. The first-order valence-electron chi connectivity index (χ1n) is 5.37. The van der Waals surface area contributed by atoms with Crippen molar-refractivity contribution in [2.24, 2.45) is 5.73 Å². The number of carbonyl (C=O) groups excluding carboxylic acids is 1. The highest BCUT2D eigenvalue weighted by Crippen LogP contribution is 2.15. The minimum atomic E-state index is -0.0630. The average molecular weight is 276 g/mol. The second kappa shape index (κ2) is 6.36. The molecule has 0 fully saturated rings. The maximum absolute atomic E-state index is 11.9. The molecule has 3 N–H and O–H groups in total. The minimum absolute atomic E-state index is 0.0630. The Balaban J connectivity index is 1.94. The number of carbonyl (C=O) groups is 1. The molecule has 0 radical (unpaired) electrons. The average Bonchev–Trinajstić information content (AvgIpc) is 3.04. The number of rotatable bonds is 3. The van der Waals surface area contributed by atoms with Crippen molar-refractivity contribution in [3.05, 3.63) is 44.3 Å². The van der Waals surface area contributed by atoms with E-state index in [-0.39, 0.29) is 5.91 Å². The number of amides is 1. The Morgan fingerprint density at radius 2 is 2.28 bits per heavy atom. The Morgan fingerprint density at radius 1 is 1.39 bits per heavy atom. The van der Waals surface area contributed by atoms with Crippen LogP contribution in [-0.2, 0) is 6.54 Å². The van der Waals surface area contributed by atoms with Gasteiger partial charge in [0.25, 0.3) is 5.91 Å². The van der Waals surface area contributed by atoms with Crippen molar-refractivity contribution in [1.29, 1.82) is 0 Å². The monoisotopic (exact) mass is 276 g/mol. The summed E-state index contributed by atoms with van der Waals surface area (Å²) in [6.45, 7) is 0.891. The highest BCUT2D eigenvalue weighted by Gasteiger charge is 2.08. The van der Waals surface area contributed by atoms with Crippen LogP contribution in [0.1, 0.15) is 20.1 Å². The summed E-state index contributed by atoms with van der Waals surface area (Å²) in [5, 5.41) is 6.89. The number of nitrogens with one attached hydrogen (secondary N) is 1. The van der Waals surface area contributed by atoms with E-state index >= 15 is 0 Å². The SMILES string of the molecule is NCC#Cc1ccc(C(=O)NCc2ccsc2)s1. The molecule has 0 saturated carbocycles. The summed E-state index contributed by atoms with van der Waals surface area (Å²) in [6, 6.07) is 5.62. The lowest BCUT2D eigenvalue weighted by atomic mass is 10.3. The Hall–Kier alpha value is -1.61. The first-order valence-corrected chi connectivity index (χ1v) is 7.13. The van der Waals surface area contributed by atoms with Crippen LogP contribution < -0.4 is 11.1 Å². The molecular weight excluding hydrogens is 264 g/mol. The van der Waals surface area contributed by atoms with E-state index in [4.69, 9.17) is 5.73 Å². The summed E-state index contributed by atoms with van der Waals surface area (Å²) >= 11 is 3.00. The molecule has 0 unspecified atom stereocenters. The highest BCUT2D eigenvalue weighted by atomic mass is 32.1. The molecule has 2 aromatic heterocycles. The Kier molecular flexibility index (Phi) is 4.53. The van der Waals surface area contributed by atoms with Gasteiger partial charge in [0, 0.05) is 6.54 Å². The van der Waals surface area contributed by atoms with Gasteiger partial charge in [-0.3, -0.25) is 4.79 Å². The van der Waals surface area contributed by atoms with E-state index in [9.17, 15) is 4.79 Å². The Morgan fingerprint density at radius 3 is 3.00 bits per heavy atom. The summed E-state index contributed by atoms with van der Waals surface area (Å²) < 4.78 is 0. The van der Waals surface area contributed by atoms with Gasteiger partial charge in [0.05, 0.1) is 16.3 Å². The van der Waals surface area contributed by atoms with Gasteiger partial charge in [-0.2, -0.15) is 11.3 Å². The normalized spacial score (nSPS) is 9.61. The standard InChI is InChI=1S/C13H12N2OS2/c14-6-1-2-11-3-4-12(18-11)13(16)15-8-10-5-7-17-9-10/h3-5,7,9H,6,8,14H2,(H,15,16). The fraction of sp³-hybridized carbons (Fsp3) is 0.154. The van der Waals surface area contributed by atoms with E-state index in [0.717, 1.165) is 10.4 Å². The minimum Gasteiger partial charge on any atom is -0.347 e. The maximum Gasteiger partial charge on any atom is 0.261 e. The highest BCUT2D eigenvalue weighted by molar-refractivity contribution is 7.14. The van der Waals surface area contributed by atoms with E-state index in [0.29, 0.717) is 18.0 Å². The van der Waals surface area contributed by atoms with Crippen molar-refractivity contribution in [2.75, 3.05) is 6.54 Å². The zero-order valence-corrected chi connectivity index (χ0v) is 11.2. The van der Waals surface area contributed by atoms with Gasteiger partial charge in [0.15, 0.2) is 0 Å². The second-order valence-corrected chi connectivity index (χ2v) is 5.35. The van der Waals surface area contributed by atoms with Gasteiger partial charge in [-0.25, -0.2) is 0 Å². The fourth-order valence-electron chi connectivity index (χ4n) is 1.33. The van der Waals surface area contributed by atoms with Crippen LogP contribution >= 0.6 is 22.7 Å². The molecular formula is C13H12N2OS2. The largest absolute Gasteiger partial charge is 0.347 e. The van der Waals surface area contributed by atoms with E-state index in [1.807, 2.05) is 22.9 Å². The van der Waals surface area contributed by atoms with E-state index in [1.54, 1.807) is 17.4 Å². The van der Waals surface area contributed by atoms with Crippen molar-refractivity contribution in [3.8, 4) is 11.8 Å². The van der Waals surface area contributed by atoms with Gasteiger partial charge < -0.3 is 11.1 Å². The maximum atomic E-state index is 11.9. The Labute approximate surface area is 114 Å². The van der Waals surface area contributed by atoms with E-state index in [2.05, 4.69) is 17.2 Å². The topological polar surface area (TPSA) is 55.1 Å². The molecule has 2 rings (SSSR count). The molecule has 5 heteroatoms. The number of nitrogens with two attached hydrogens (primary N) is 1. The lowest BCUT2D eigenvalue weighted by molar-refractivity contribution is 0.0955. The lowest BCUT2D eigenvalue weighted by Gasteiger charge is -2.00. The van der Waals surface area contributed by atoms with Gasteiger partial charge in [-0.15, -0.1) is 11.3 Å². The molecule has 18 heavy (non-hydrogen) atoms. The van der Waals surface area contributed by atoms with Crippen LogP contribution in [0.25, 0.3) is 0 Å². The molecule has 2 aromatic rings. The van der Waals surface area contributed by atoms with Gasteiger partial charge in [-0.1, -0.05) is 11.8 Å². The van der Waals surface area contributed by atoms with Crippen molar-refractivity contribution < 1.29 is 4.79 Å². The predicted molar refractivity (Wildman–Crippen MR) is 75.7 cm³/mol. The lowest BCUT2D eigenvalue weighted by Crippen LogP contribution is -2.21. The first-order chi connectivity index (χ1) is 8.79. The summed E-state index contributed by atoms with van der Waals surface area (Å²) in [7, 11) is 0. The van der Waals surface area contributed by atoms with E-state index in [1.165, 1.54) is 11.3 Å². The molecule has 1 amide bonds. The van der Waals surface area contributed by atoms with Crippen molar-refractivity contribution in [3.63, 3.8) is 0 Å². The molecule has 2 heterocycles. The predicted octanol–water partition coefficient (Wildman–Crippen LogP) is 2.05. The summed E-state index contributed by atoms with van der Waals surface area (Å²) in [5.74, 6) is 5.62. The summed E-state index contributed by atoms with van der Waals surface area (Å²) in [5.41, 5.74) is 6.42. The number of hydrogen-bond acceptors (Lipinski definition) is 4. The quantitative estimate of drug-likeness (QED) is 0.843. The first kappa shape index (κ1) is 12.8. The van der Waals surface area contributed by atoms with Gasteiger partial charge >= 0.3 is 0 Å². The zero-order chi connectivity index (χ0) is 12.8. The van der Waals surface area contributed by atoms with Crippen molar-refractivity contribution in [2.45, 2.75) is 6.54 Å².